The lowest BCUT2D eigenvalue weighted by Crippen LogP contribution is -2.46. The maximum absolute atomic E-state index is 12.6. The first-order chi connectivity index (χ1) is 24.0. The third-order valence-corrected chi connectivity index (χ3v) is 10.4. The lowest BCUT2D eigenvalue weighted by atomic mass is 9.87. The molecule has 0 spiro atoms. The molecule has 1 aliphatic heterocycles. The molecule has 10 N–H and O–H groups in total. The van der Waals surface area contributed by atoms with E-state index in [9.17, 15) is 63.2 Å². The fraction of sp³-hybridized carbons (Fsp3) is 0.667. The normalized spacial score (nSPS) is 22.3. The zero-order valence-corrected chi connectivity index (χ0v) is 30.3. The van der Waals surface area contributed by atoms with Crippen molar-refractivity contribution in [1.82, 2.24) is 30.2 Å². The average Bonchev–Trinajstić information content (AvgIpc) is 3.58. The highest BCUT2D eigenvalue weighted by Gasteiger charge is 2.50. The highest BCUT2D eigenvalue weighted by molar-refractivity contribution is 7.94. The minimum absolute atomic E-state index is 0.0206. The fourth-order valence-electron chi connectivity index (χ4n) is 4.25. The van der Waals surface area contributed by atoms with Gasteiger partial charge in [0.25, 0.3) is 0 Å². The number of hydrogen-bond acceptors (Lipinski definition) is 20. The molecule has 0 radical (unpaired) electrons. The molecule has 0 aromatic carbocycles. The molecule has 52 heavy (non-hydrogen) atoms. The summed E-state index contributed by atoms with van der Waals surface area (Å²) in [6.07, 6.45) is -7.08. The van der Waals surface area contributed by atoms with Crippen molar-refractivity contribution < 1.29 is 85.1 Å². The number of ether oxygens (including phenoxy) is 1. The van der Waals surface area contributed by atoms with Crippen molar-refractivity contribution in [3.8, 4) is 0 Å². The number of imidazole rings is 1. The first kappa shape index (κ1) is 43.5. The highest BCUT2D eigenvalue weighted by Crippen LogP contribution is 2.61. The summed E-state index contributed by atoms with van der Waals surface area (Å²) in [5, 5.41) is 35.0. The second-order valence-corrected chi connectivity index (χ2v) is 16.2. The van der Waals surface area contributed by atoms with Gasteiger partial charge in [0.15, 0.2) is 17.7 Å². The van der Waals surface area contributed by atoms with E-state index in [1.54, 1.807) is 0 Å². The summed E-state index contributed by atoms with van der Waals surface area (Å²) in [4.78, 5) is 85.0. The maximum Gasteiger partial charge on any atom is 0.481 e. The summed E-state index contributed by atoms with van der Waals surface area (Å²) >= 11 is 0.495. The zero-order valence-electron chi connectivity index (χ0n) is 26.8. The first-order valence-corrected chi connectivity index (χ1v) is 19.8. The smallest absolute Gasteiger partial charge is 0.386 e. The molecule has 7 atom stereocenters. The number of aliphatic hydroxyl groups is 2. The fourth-order valence-corrected chi connectivity index (χ4v) is 7.43. The van der Waals surface area contributed by atoms with Crippen LogP contribution >= 0.6 is 35.5 Å². The summed E-state index contributed by atoms with van der Waals surface area (Å²) in [5.74, 6) is -1.55. The number of carbonyl (C=O) groups is 2. The number of fused-ring (bicyclic) bond motifs is 1. The summed E-state index contributed by atoms with van der Waals surface area (Å²) in [7, 11) is -16.4. The Morgan fingerprint density at radius 2 is 1.81 bits per heavy atom. The van der Waals surface area contributed by atoms with Gasteiger partial charge in [-0.25, -0.2) is 32.9 Å². The van der Waals surface area contributed by atoms with Crippen LogP contribution in [0.5, 0.6) is 0 Å². The number of amides is 2. The quantitative estimate of drug-likeness (QED) is 0.0222. The number of phosphoric acid groups is 3. The predicted molar refractivity (Wildman–Crippen MR) is 170 cm³/mol. The second-order valence-electron chi connectivity index (χ2n) is 11.2. The zero-order chi connectivity index (χ0) is 39.1. The molecule has 0 bridgehead atoms. The van der Waals surface area contributed by atoms with Gasteiger partial charge in [-0.1, -0.05) is 13.8 Å². The van der Waals surface area contributed by atoms with Gasteiger partial charge in [-0.3, -0.25) is 27.7 Å². The topological polar surface area (TPSA) is 399 Å². The van der Waals surface area contributed by atoms with Crippen molar-refractivity contribution in [3.05, 3.63) is 22.8 Å². The van der Waals surface area contributed by atoms with Crippen LogP contribution in [0.25, 0.3) is 11.2 Å². The molecule has 31 heteroatoms. The van der Waals surface area contributed by atoms with E-state index in [1.165, 1.54) is 13.8 Å². The number of aromatic nitrogens is 4. The molecule has 1 aliphatic rings. The molecule has 3 rings (SSSR count). The second kappa shape index (κ2) is 17.9. The minimum atomic E-state index is -5.58. The van der Waals surface area contributed by atoms with E-state index >= 15 is 0 Å². The SMILES string of the molecule is CC(C)(COP(=O)(O)OP(=O)(O)OC[C@H]1O[C@@H](n2cnc3c(N)ncnc32)[C@H](O)[C@@H]1OP(=O)(O)O)[C@@H](O)C(=O)NCCC(=O)NCCSO[N+](=O)[O-]. The molecule has 1 saturated heterocycles. The monoisotopic (exact) mass is 828 g/mol. The number of phosphoric ester groups is 3. The number of nitrogen functional groups attached to an aromatic ring is 1. The van der Waals surface area contributed by atoms with Gasteiger partial charge in [0, 0.05) is 42.7 Å². The molecule has 0 aliphatic carbocycles. The van der Waals surface area contributed by atoms with Gasteiger partial charge in [-0.15, -0.1) is 10.1 Å². The van der Waals surface area contributed by atoms with E-state index in [0.717, 1.165) is 17.2 Å². The van der Waals surface area contributed by atoms with Gasteiger partial charge in [0.1, 0.15) is 36.3 Å². The Bertz CT molecular complexity index is 1730. The summed E-state index contributed by atoms with van der Waals surface area (Å²) in [6, 6.07) is 0. The van der Waals surface area contributed by atoms with Gasteiger partial charge in [0.2, 0.25) is 11.8 Å². The van der Waals surface area contributed by atoms with Crippen LogP contribution in [0.2, 0.25) is 0 Å². The molecule has 0 saturated carbocycles. The lowest BCUT2D eigenvalue weighted by molar-refractivity contribution is -0.707. The molecular weight excluding hydrogens is 793 g/mol. The molecule has 2 aromatic rings. The van der Waals surface area contributed by atoms with Crippen molar-refractivity contribution in [2.45, 2.75) is 50.9 Å². The Morgan fingerprint density at radius 1 is 1.13 bits per heavy atom. The van der Waals surface area contributed by atoms with Gasteiger partial charge in [-0.2, -0.15) is 4.31 Å². The molecule has 2 amide bonds. The predicted octanol–water partition coefficient (Wildman–Crippen LogP) is -1.74. The number of nitrogens with zero attached hydrogens (tertiary/aromatic N) is 5. The number of carbonyl (C=O) groups excluding carboxylic acids is 2. The third-order valence-electron chi connectivity index (χ3n) is 6.70. The Morgan fingerprint density at radius 3 is 2.46 bits per heavy atom. The van der Waals surface area contributed by atoms with E-state index in [1.807, 2.05) is 0 Å². The number of nitrogens with two attached hydrogens (primary N) is 1. The van der Waals surface area contributed by atoms with Crippen LogP contribution < -0.4 is 16.4 Å². The number of nitrogens with one attached hydrogen (secondary N) is 2. The Hall–Kier alpha value is -2.91. The van der Waals surface area contributed by atoms with E-state index < -0.39 is 89.6 Å². The van der Waals surface area contributed by atoms with Crippen molar-refractivity contribution in [1.29, 1.82) is 0 Å². The van der Waals surface area contributed by atoms with Crippen LogP contribution in [0.1, 0.15) is 26.5 Å². The molecule has 2 unspecified atom stereocenters. The van der Waals surface area contributed by atoms with Gasteiger partial charge < -0.3 is 50.9 Å². The van der Waals surface area contributed by atoms with Crippen LogP contribution in [-0.4, -0.2) is 123 Å². The van der Waals surface area contributed by atoms with Crippen LogP contribution in [0, 0.1) is 15.5 Å². The highest BCUT2D eigenvalue weighted by atomic mass is 32.2. The van der Waals surface area contributed by atoms with Crippen molar-refractivity contribution in [3.63, 3.8) is 0 Å². The van der Waals surface area contributed by atoms with Crippen LogP contribution in [-0.2, 0) is 50.2 Å². The molecular formula is C21H35N8O19P3S. The largest absolute Gasteiger partial charge is 0.481 e. The maximum atomic E-state index is 12.6. The lowest BCUT2D eigenvalue weighted by Gasteiger charge is -2.30. The number of hydrogen-bond donors (Lipinski definition) is 9. The van der Waals surface area contributed by atoms with Crippen LogP contribution in [0.4, 0.5) is 5.82 Å². The summed E-state index contributed by atoms with van der Waals surface area (Å²) in [5.41, 5.74) is 4.20. The standard InChI is InChI=1S/C21H35N8O19P3S/c1-21(2,16(32)19(33)24-4-3-12(30)23-5-6-52-47-29(34)35)8-44-51(41,42)48-50(39,40)43-7-11-15(46-49(36,37)38)14(31)20(45-11)28-10-27-13-17(22)25-9-26-18(13)28/h9-11,14-16,20,31-32H,3-8H2,1-2H3,(H,23,30)(H,24,33)(H,39,40)(H,41,42)(H2,22,25,26)(H2,36,37,38)/t11-,14-,15-,16+,20-/m1/s1. The molecule has 3 heterocycles. The van der Waals surface area contributed by atoms with Crippen molar-refractivity contribution >= 4 is 64.3 Å². The summed E-state index contributed by atoms with van der Waals surface area (Å²) < 4.78 is 65.7. The number of anilines is 1. The minimum Gasteiger partial charge on any atom is -0.386 e. The van der Waals surface area contributed by atoms with Crippen LogP contribution in [0.3, 0.4) is 0 Å². The van der Waals surface area contributed by atoms with Gasteiger partial charge in [0.05, 0.1) is 19.5 Å². The van der Waals surface area contributed by atoms with E-state index in [4.69, 9.17) is 19.5 Å². The molecule has 2 aromatic heterocycles. The summed E-state index contributed by atoms with van der Waals surface area (Å²) in [6.45, 7) is 0.140. The Kier molecular flexibility index (Phi) is 15.0. The average molecular weight is 829 g/mol. The molecule has 294 valence electrons. The van der Waals surface area contributed by atoms with Gasteiger partial charge in [-0.05, 0) is 0 Å². The van der Waals surface area contributed by atoms with E-state index in [0.29, 0.717) is 12.0 Å². The van der Waals surface area contributed by atoms with E-state index in [-0.39, 0.29) is 42.2 Å². The molecule has 27 nitrogen and oxygen atoms in total. The third kappa shape index (κ3) is 12.9. The van der Waals surface area contributed by atoms with Crippen LogP contribution in [0.15, 0.2) is 12.7 Å². The first-order valence-electron chi connectivity index (χ1n) is 14.3. The Labute approximate surface area is 296 Å². The molecule has 1 fully saturated rings. The van der Waals surface area contributed by atoms with Crippen molar-refractivity contribution in [2.75, 3.05) is 37.8 Å². The van der Waals surface area contributed by atoms with E-state index in [2.05, 4.69) is 38.7 Å². The number of rotatable bonds is 21. The number of aliphatic hydroxyl groups excluding tert-OH is 2. The Balaban J connectivity index is 1.53. The van der Waals surface area contributed by atoms with Crippen molar-refractivity contribution in [2.24, 2.45) is 5.41 Å². The van der Waals surface area contributed by atoms with Gasteiger partial charge >= 0.3 is 28.6 Å².